The van der Waals surface area contributed by atoms with E-state index in [1.54, 1.807) is 0 Å². The Kier molecular flexibility index (Phi) is 2.65. The average molecular weight is 152 g/mol. The first kappa shape index (κ1) is 6.89. The third-order valence-electron chi connectivity index (χ3n) is 0.973. The molecule has 0 aromatic carbocycles. The highest BCUT2D eigenvalue weighted by atomic mass is 32.0. The number of hydrogen-bond acceptors (Lipinski definition) is 2. The van der Waals surface area contributed by atoms with Gasteiger partial charge in [-0.05, 0) is 0 Å². The SMILES string of the molecule is CC1COP(P)OC1. The molecular weight excluding hydrogens is 142 g/mol. The molecule has 0 amide bonds. The van der Waals surface area contributed by atoms with Crippen molar-refractivity contribution in [2.24, 2.45) is 5.92 Å². The second-order valence-corrected chi connectivity index (χ2v) is 4.33. The van der Waals surface area contributed by atoms with Crippen molar-refractivity contribution in [3.05, 3.63) is 0 Å². The molecule has 1 unspecified atom stereocenters. The van der Waals surface area contributed by atoms with Gasteiger partial charge in [-0.3, -0.25) is 0 Å². The zero-order chi connectivity index (χ0) is 5.98. The van der Waals surface area contributed by atoms with Gasteiger partial charge in [0, 0.05) is 5.92 Å². The van der Waals surface area contributed by atoms with Crippen LogP contribution in [0.2, 0.25) is 0 Å². The molecule has 48 valence electrons. The lowest BCUT2D eigenvalue weighted by atomic mass is 10.2. The van der Waals surface area contributed by atoms with Crippen molar-refractivity contribution in [1.29, 1.82) is 0 Å². The van der Waals surface area contributed by atoms with Crippen LogP contribution in [0.5, 0.6) is 0 Å². The number of hydrogen-bond donors (Lipinski definition) is 0. The third-order valence-corrected chi connectivity index (χ3v) is 2.67. The Labute approximate surface area is 53.0 Å². The molecule has 0 aliphatic carbocycles. The molecule has 1 saturated heterocycles. The van der Waals surface area contributed by atoms with E-state index in [9.17, 15) is 0 Å². The van der Waals surface area contributed by atoms with Crippen LogP contribution in [-0.2, 0) is 9.05 Å². The van der Waals surface area contributed by atoms with Crippen LogP contribution in [0.3, 0.4) is 0 Å². The van der Waals surface area contributed by atoms with Crippen LogP contribution in [0.4, 0.5) is 0 Å². The molecule has 1 atom stereocenters. The summed E-state index contributed by atoms with van der Waals surface area (Å²) in [6.45, 7) is 3.83. The Morgan fingerprint density at radius 2 is 2.00 bits per heavy atom. The smallest absolute Gasteiger partial charge is 0.188 e. The maximum atomic E-state index is 5.20. The summed E-state index contributed by atoms with van der Waals surface area (Å²) in [6, 6.07) is 0. The summed E-state index contributed by atoms with van der Waals surface area (Å²) in [5, 5.41) is 0. The van der Waals surface area contributed by atoms with Crippen LogP contribution < -0.4 is 0 Å². The van der Waals surface area contributed by atoms with Gasteiger partial charge in [-0.15, -0.1) is 0 Å². The van der Waals surface area contributed by atoms with Gasteiger partial charge in [0.25, 0.3) is 0 Å². The van der Waals surface area contributed by atoms with E-state index in [0.717, 1.165) is 13.2 Å². The van der Waals surface area contributed by atoms with Crippen LogP contribution >= 0.6 is 17.0 Å². The normalized spacial score (nSPS) is 39.8. The lowest BCUT2D eigenvalue weighted by Gasteiger charge is -2.22. The van der Waals surface area contributed by atoms with Crippen molar-refractivity contribution in [3.8, 4) is 0 Å². The van der Waals surface area contributed by atoms with Gasteiger partial charge in [-0.1, -0.05) is 15.9 Å². The Hall–Kier alpha value is 0.780. The molecule has 0 spiro atoms. The van der Waals surface area contributed by atoms with E-state index < -0.39 is 8.06 Å². The second kappa shape index (κ2) is 3.08. The molecule has 2 nitrogen and oxygen atoms in total. The first-order valence-electron chi connectivity index (χ1n) is 2.59. The highest BCUT2D eigenvalue weighted by Gasteiger charge is 2.14. The van der Waals surface area contributed by atoms with Gasteiger partial charge >= 0.3 is 0 Å². The summed E-state index contributed by atoms with van der Waals surface area (Å²) in [4.78, 5) is 0. The fraction of sp³-hybridized carbons (Fsp3) is 1.00. The number of rotatable bonds is 0. The predicted molar refractivity (Wildman–Crippen MR) is 37.7 cm³/mol. The van der Waals surface area contributed by atoms with Crippen molar-refractivity contribution in [1.82, 2.24) is 0 Å². The monoisotopic (exact) mass is 152 g/mol. The summed E-state index contributed by atoms with van der Waals surface area (Å²) >= 11 is 0. The molecule has 1 aliphatic rings. The maximum Gasteiger partial charge on any atom is 0.188 e. The van der Waals surface area contributed by atoms with E-state index in [0.29, 0.717) is 5.92 Å². The van der Waals surface area contributed by atoms with E-state index >= 15 is 0 Å². The highest BCUT2D eigenvalue weighted by molar-refractivity contribution is 8.08. The Bertz CT molecular complexity index is 60.4. The summed E-state index contributed by atoms with van der Waals surface area (Å²) in [5.74, 6) is 0.578. The van der Waals surface area contributed by atoms with Crippen LogP contribution in [0.25, 0.3) is 0 Å². The molecule has 0 saturated carbocycles. The Balaban J connectivity index is 2.19. The summed E-state index contributed by atoms with van der Waals surface area (Å²) < 4.78 is 10.4. The van der Waals surface area contributed by atoms with E-state index in [-0.39, 0.29) is 0 Å². The molecular formula is C4H10O2P2. The van der Waals surface area contributed by atoms with Gasteiger partial charge in [0.15, 0.2) is 8.06 Å². The first-order chi connectivity index (χ1) is 3.79. The average Bonchev–Trinajstić information content (AvgIpc) is 1.77. The zero-order valence-electron chi connectivity index (χ0n) is 4.83. The molecule has 0 bridgehead atoms. The van der Waals surface area contributed by atoms with Crippen LogP contribution in [0, 0.1) is 5.92 Å². The van der Waals surface area contributed by atoms with Gasteiger partial charge in [-0.25, -0.2) is 0 Å². The molecule has 1 heterocycles. The Morgan fingerprint density at radius 1 is 1.50 bits per heavy atom. The predicted octanol–water partition coefficient (Wildman–Crippen LogP) is 1.77. The molecule has 8 heavy (non-hydrogen) atoms. The topological polar surface area (TPSA) is 18.5 Å². The van der Waals surface area contributed by atoms with Gasteiger partial charge < -0.3 is 9.05 Å². The van der Waals surface area contributed by atoms with Crippen LogP contribution in [-0.4, -0.2) is 13.2 Å². The zero-order valence-corrected chi connectivity index (χ0v) is 6.88. The second-order valence-electron chi connectivity index (χ2n) is 1.98. The highest BCUT2D eigenvalue weighted by Crippen LogP contribution is 2.49. The first-order valence-corrected chi connectivity index (χ1v) is 5.39. The molecule has 0 N–H and O–H groups in total. The third kappa shape index (κ3) is 1.95. The van der Waals surface area contributed by atoms with Crippen molar-refractivity contribution in [3.63, 3.8) is 0 Å². The molecule has 4 heteroatoms. The van der Waals surface area contributed by atoms with E-state index in [4.69, 9.17) is 9.05 Å². The molecule has 0 radical (unpaired) electrons. The fourth-order valence-corrected chi connectivity index (χ4v) is 1.88. The van der Waals surface area contributed by atoms with Crippen molar-refractivity contribution in [2.45, 2.75) is 6.92 Å². The van der Waals surface area contributed by atoms with E-state index in [1.807, 2.05) is 0 Å². The molecule has 0 aromatic heterocycles. The molecule has 1 rings (SSSR count). The lowest BCUT2D eigenvalue weighted by molar-refractivity contribution is 0.138. The minimum Gasteiger partial charge on any atom is -0.331 e. The van der Waals surface area contributed by atoms with Crippen LogP contribution in [0.1, 0.15) is 6.92 Å². The summed E-state index contributed by atoms with van der Waals surface area (Å²) in [5.41, 5.74) is 0. The van der Waals surface area contributed by atoms with E-state index in [1.165, 1.54) is 0 Å². The molecule has 1 fully saturated rings. The van der Waals surface area contributed by atoms with Crippen molar-refractivity contribution >= 4 is 17.0 Å². The fourth-order valence-electron chi connectivity index (χ4n) is 0.487. The minimum atomic E-state index is -0.602. The van der Waals surface area contributed by atoms with Crippen LogP contribution in [0.15, 0.2) is 0 Å². The minimum absolute atomic E-state index is 0.578. The van der Waals surface area contributed by atoms with Gasteiger partial charge in [0.2, 0.25) is 0 Å². The van der Waals surface area contributed by atoms with Gasteiger partial charge in [-0.2, -0.15) is 0 Å². The Morgan fingerprint density at radius 3 is 2.38 bits per heavy atom. The van der Waals surface area contributed by atoms with Crippen molar-refractivity contribution < 1.29 is 9.05 Å². The van der Waals surface area contributed by atoms with Gasteiger partial charge in [0.05, 0.1) is 13.2 Å². The standard InChI is InChI=1S/C4H10O2P2/c1-4-2-5-8(7)6-3-4/h4H,2-3,7H2,1H3. The largest absolute Gasteiger partial charge is 0.331 e. The van der Waals surface area contributed by atoms with E-state index in [2.05, 4.69) is 15.9 Å². The summed E-state index contributed by atoms with van der Waals surface area (Å²) in [7, 11) is 1.94. The quantitative estimate of drug-likeness (QED) is 0.492. The van der Waals surface area contributed by atoms with Gasteiger partial charge in [0.1, 0.15) is 0 Å². The maximum absolute atomic E-state index is 5.20. The van der Waals surface area contributed by atoms with Crippen molar-refractivity contribution in [2.75, 3.05) is 13.2 Å². The summed E-state index contributed by atoms with van der Waals surface area (Å²) in [6.07, 6.45) is 0. The molecule has 0 aromatic rings. The lowest BCUT2D eigenvalue weighted by Crippen LogP contribution is -2.14. The molecule has 1 aliphatic heterocycles.